The van der Waals surface area contributed by atoms with Crippen molar-refractivity contribution in [3.05, 3.63) is 29.3 Å². The first-order valence-corrected chi connectivity index (χ1v) is 4.85. The van der Waals surface area contributed by atoms with Crippen LogP contribution in [0.25, 0.3) is 0 Å². The van der Waals surface area contributed by atoms with Gasteiger partial charge in [-0.05, 0) is 13.8 Å². The van der Waals surface area contributed by atoms with Crippen LogP contribution >= 0.6 is 0 Å². The van der Waals surface area contributed by atoms with Gasteiger partial charge >= 0.3 is 0 Å². The monoisotopic (exact) mass is 205 g/mol. The van der Waals surface area contributed by atoms with E-state index in [-0.39, 0.29) is 0 Å². The summed E-state index contributed by atoms with van der Waals surface area (Å²) in [5.41, 5.74) is 9.66. The zero-order valence-corrected chi connectivity index (χ0v) is 9.23. The summed E-state index contributed by atoms with van der Waals surface area (Å²) in [5.74, 6) is 0. The Kier molecular flexibility index (Phi) is 2.22. The molecular weight excluding hydrogens is 190 g/mol. The normalized spacial score (nSPS) is 10.9. The van der Waals surface area contributed by atoms with Crippen molar-refractivity contribution < 1.29 is 0 Å². The number of nitrogens with two attached hydrogens (primary N) is 1. The van der Waals surface area contributed by atoms with E-state index in [1.165, 1.54) is 5.56 Å². The van der Waals surface area contributed by atoms with E-state index in [0.717, 1.165) is 23.6 Å². The van der Waals surface area contributed by atoms with Crippen LogP contribution < -0.4 is 5.73 Å². The van der Waals surface area contributed by atoms with Crippen molar-refractivity contribution in [2.75, 3.05) is 5.73 Å². The zero-order chi connectivity index (χ0) is 11.0. The Bertz CT molecular complexity index is 460. The summed E-state index contributed by atoms with van der Waals surface area (Å²) in [5, 5.41) is 8.50. The molecule has 0 aliphatic carbocycles. The highest BCUT2D eigenvalue weighted by atomic mass is 15.3. The summed E-state index contributed by atoms with van der Waals surface area (Å²) in [7, 11) is 1.93. The minimum Gasteiger partial charge on any atom is -0.396 e. The number of nitrogen functional groups attached to an aromatic ring is 1. The van der Waals surface area contributed by atoms with E-state index >= 15 is 0 Å². The average Bonchev–Trinajstić information content (AvgIpc) is 2.65. The first-order valence-electron chi connectivity index (χ1n) is 4.85. The average molecular weight is 205 g/mol. The van der Waals surface area contributed by atoms with Crippen molar-refractivity contribution in [3.63, 3.8) is 0 Å². The van der Waals surface area contributed by atoms with Gasteiger partial charge in [0.05, 0.1) is 24.1 Å². The predicted octanol–water partition coefficient (Wildman–Crippen LogP) is 0.864. The maximum Gasteiger partial charge on any atom is 0.0823 e. The third-order valence-electron chi connectivity index (χ3n) is 2.65. The fraction of sp³-hybridized carbons (Fsp3) is 0.400. The molecule has 15 heavy (non-hydrogen) atoms. The predicted molar refractivity (Wildman–Crippen MR) is 58.4 cm³/mol. The fourth-order valence-corrected chi connectivity index (χ4v) is 1.49. The molecule has 0 unspecified atom stereocenters. The Morgan fingerprint density at radius 1 is 1.40 bits per heavy atom. The second-order valence-electron chi connectivity index (χ2n) is 3.75. The third-order valence-corrected chi connectivity index (χ3v) is 2.65. The highest BCUT2D eigenvalue weighted by molar-refractivity contribution is 5.39. The van der Waals surface area contributed by atoms with Crippen molar-refractivity contribution in [2.24, 2.45) is 7.05 Å². The van der Waals surface area contributed by atoms with Gasteiger partial charge in [0.2, 0.25) is 0 Å². The molecule has 5 nitrogen and oxygen atoms in total. The molecule has 0 amide bonds. The number of hydrogen-bond acceptors (Lipinski definition) is 3. The summed E-state index contributed by atoms with van der Waals surface area (Å²) in [6.45, 7) is 4.67. The lowest BCUT2D eigenvalue weighted by Crippen LogP contribution is -2.02. The van der Waals surface area contributed by atoms with E-state index in [4.69, 9.17) is 5.73 Å². The molecule has 5 heteroatoms. The van der Waals surface area contributed by atoms with Crippen LogP contribution in [-0.4, -0.2) is 19.6 Å². The molecule has 0 bridgehead atoms. The van der Waals surface area contributed by atoms with Crippen LogP contribution in [0.4, 0.5) is 5.69 Å². The number of hydrogen-bond donors (Lipinski definition) is 1. The van der Waals surface area contributed by atoms with E-state index in [0.29, 0.717) is 0 Å². The molecule has 2 aromatic heterocycles. The molecule has 0 fully saturated rings. The summed E-state index contributed by atoms with van der Waals surface area (Å²) >= 11 is 0. The smallest absolute Gasteiger partial charge is 0.0823 e. The first kappa shape index (κ1) is 9.76. The molecule has 0 saturated carbocycles. The number of nitrogens with zero attached hydrogens (tertiary/aromatic N) is 4. The van der Waals surface area contributed by atoms with Crippen LogP contribution in [0.15, 0.2) is 12.4 Å². The highest BCUT2D eigenvalue weighted by Crippen LogP contribution is 2.11. The van der Waals surface area contributed by atoms with Crippen molar-refractivity contribution in [1.82, 2.24) is 19.6 Å². The van der Waals surface area contributed by atoms with Gasteiger partial charge in [0.1, 0.15) is 0 Å². The molecule has 2 rings (SSSR count). The summed E-state index contributed by atoms with van der Waals surface area (Å²) in [4.78, 5) is 0. The molecule has 0 spiro atoms. The van der Waals surface area contributed by atoms with Gasteiger partial charge in [-0.1, -0.05) is 0 Å². The molecule has 0 aliphatic rings. The molecule has 2 heterocycles. The van der Waals surface area contributed by atoms with Gasteiger partial charge in [-0.15, -0.1) is 0 Å². The SMILES string of the molecule is Cc1nn(Cc2cnn(C)c2C)cc1N. The van der Waals surface area contributed by atoms with Gasteiger partial charge < -0.3 is 5.73 Å². The number of rotatable bonds is 2. The second kappa shape index (κ2) is 3.42. The van der Waals surface area contributed by atoms with E-state index in [2.05, 4.69) is 10.2 Å². The third kappa shape index (κ3) is 1.72. The minimum atomic E-state index is 0.720. The summed E-state index contributed by atoms with van der Waals surface area (Å²) in [6, 6.07) is 0. The largest absolute Gasteiger partial charge is 0.396 e. The van der Waals surface area contributed by atoms with Gasteiger partial charge in [-0.2, -0.15) is 10.2 Å². The Morgan fingerprint density at radius 3 is 2.60 bits per heavy atom. The Balaban J connectivity index is 2.25. The van der Waals surface area contributed by atoms with E-state index in [1.807, 2.05) is 42.7 Å². The molecule has 80 valence electrons. The Morgan fingerprint density at radius 2 is 2.13 bits per heavy atom. The lowest BCUT2D eigenvalue weighted by molar-refractivity contribution is 0.672. The van der Waals surface area contributed by atoms with Gasteiger partial charge in [-0.25, -0.2) is 0 Å². The van der Waals surface area contributed by atoms with Crippen molar-refractivity contribution in [1.29, 1.82) is 0 Å². The van der Waals surface area contributed by atoms with Gasteiger partial charge in [0.25, 0.3) is 0 Å². The number of anilines is 1. The van der Waals surface area contributed by atoms with Crippen LogP contribution in [0.2, 0.25) is 0 Å². The molecule has 0 atom stereocenters. The van der Waals surface area contributed by atoms with Crippen LogP contribution in [0.3, 0.4) is 0 Å². The lowest BCUT2D eigenvalue weighted by Gasteiger charge is -2.00. The van der Waals surface area contributed by atoms with Crippen LogP contribution in [-0.2, 0) is 13.6 Å². The van der Waals surface area contributed by atoms with Crippen molar-refractivity contribution in [2.45, 2.75) is 20.4 Å². The lowest BCUT2D eigenvalue weighted by atomic mass is 10.2. The van der Waals surface area contributed by atoms with Crippen molar-refractivity contribution >= 4 is 5.69 Å². The van der Waals surface area contributed by atoms with Gasteiger partial charge in [-0.3, -0.25) is 9.36 Å². The topological polar surface area (TPSA) is 61.7 Å². The molecule has 0 aromatic carbocycles. The molecule has 0 aliphatic heterocycles. The maximum absolute atomic E-state index is 5.73. The fourth-order valence-electron chi connectivity index (χ4n) is 1.49. The minimum absolute atomic E-state index is 0.720. The Labute approximate surface area is 88.5 Å². The highest BCUT2D eigenvalue weighted by Gasteiger charge is 2.06. The van der Waals surface area contributed by atoms with Gasteiger partial charge in [0.15, 0.2) is 0 Å². The number of aromatic nitrogens is 4. The van der Waals surface area contributed by atoms with Crippen LogP contribution in [0, 0.1) is 13.8 Å². The molecular formula is C10H15N5. The first-order chi connectivity index (χ1) is 7.08. The molecule has 2 N–H and O–H groups in total. The van der Waals surface area contributed by atoms with E-state index < -0.39 is 0 Å². The van der Waals surface area contributed by atoms with Gasteiger partial charge in [0, 0.05) is 24.5 Å². The summed E-state index contributed by atoms with van der Waals surface area (Å²) in [6.07, 6.45) is 3.71. The molecule has 0 radical (unpaired) electrons. The molecule has 0 saturated heterocycles. The van der Waals surface area contributed by atoms with E-state index in [9.17, 15) is 0 Å². The second-order valence-corrected chi connectivity index (χ2v) is 3.75. The number of aryl methyl sites for hydroxylation is 2. The van der Waals surface area contributed by atoms with Crippen LogP contribution in [0.5, 0.6) is 0 Å². The summed E-state index contributed by atoms with van der Waals surface area (Å²) < 4.78 is 3.70. The Hall–Kier alpha value is -1.78. The quantitative estimate of drug-likeness (QED) is 0.791. The molecule has 2 aromatic rings. The maximum atomic E-state index is 5.73. The van der Waals surface area contributed by atoms with Crippen LogP contribution in [0.1, 0.15) is 17.0 Å². The standard InChI is InChI=1S/C10H15N5/c1-7-10(11)6-15(13-7)5-9-4-12-14(3)8(9)2/h4,6H,5,11H2,1-3H3. The van der Waals surface area contributed by atoms with Crippen molar-refractivity contribution in [3.8, 4) is 0 Å². The zero-order valence-electron chi connectivity index (χ0n) is 9.23. The van der Waals surface area contributed by atoms with E-state index in [1.54, 1.807) is 0 Å².